The predicted octanol–water partition coefficient (Wildman–Crippen LogP) is 3.24. The van der Waals surface area contributed by atoms with Gasteiger partial charge in [0.1, 0.15) is 11.5 Å². The molecule has 2 rings (SSSR count). The molecule has 0 spiro atoms. The van der Waals surface area contributed by atoms with E-state index in [0.29, 0.717) is 22.1 Å². The highest BCUT2D eigenvalue weighted by molar-refractivity contribution is 7.77. The van der Waals surface area contributed by atoms with Gasteiger partial charge in [-0.1, -0.05) is 0 Å². The van der Waals surface area contributed by atoms with Crippen LogP contribution in [-0.4, -0.2) is 14.2 Å². The van der Waals surface area contributed by atoms with Crippen LogP contribution in [0, 0.1) is 0 Å². The Morgan fingerprint density at radius 2 is 1.29 bits per heavy atom. The summed E-state index contributed by atoms with van der Waals surface area (Å²) >= 11 is 0. The lowest BCUT2D eigenvalue weighted by molar-refractivity contribution is 0.415. The summed E-state index contributed by atoms with van der Waals surface area (Å²) in [7, 11) is -0.293. The van der Waals surface area contributed by atoms with E-state index in [1.165, 1.54) is 0 Å². The lowest BCUT2D eigenvalue weighted by Crippen LogP contribution is -2.14. The summed E-state index contributed by atoms with van der Waals surface area (Å²) in [5, 5.41) is 0.900. The third-order valence-electron chi connectivity index (χ3n) is 3.01. The average Bonchev–Trinajstić information content (AvgIpc) is 2.55. The SMILES string of the molecule is COc1ccc(P(=O)(N=[N+]=[N-])c2ccc(OC)cc2)cc1. The molecule has 0 N–H and O–H groups in total. The van der Waals surface area contributed by atoms with Crippen LogP contribution in [-0.2, 0) is 4.57 Å². The van der Waals surface area contributed by atoms with Crippen molar-refractivity contribution in [2.24, 2.45) is 4.88 Å². The summed E-state index contributed by atoms with van der Waals surface area (Å²) in [6.45, 7) is 0. The molecule has 0 aliphatic carbocycles. The number of rotatable bonds is 5. The number of hydrogen-bond donors (Lipinski definition) is 0. The largest absolute Gasteiger partial charge is 0.497 e. The highest BCUT2D eigenvalue weighted by atomic mass is 31.2. The Morgan fingerprint density at radius 1 is 0.905 bits per heavy atom. The second kappa shape index (κ2) is 6.35. The molecule has 0 aliphatic rings. The van der Waals surface area contributed by atoms with E-state index in [2.05, 4.69) is 9.80 Å². The van der Waals surface area contributed by atoms with Gasteiger partial charge in [0.05, 0.1) is 14.2 Å². The van der Waals surface area contributed by atoms with E-state index >= 15 is 0 Å². The van der Waals surface area contributed by atoms with Crippen LogP contribution in [0.1, 0.15) is 0 Å². The van der Waals surface area contributed by atoms with Crippen LogP contribution in [0.2, 0.25) is 0 Å². The van der Waals surface area contributed by atoms with Crippen molar-refractivity contribution < 1.29 is 14.0 Å². The van der Waals surface area contributed by atoms with Gasteiger partial charge in [0.2, 0.25) is 7.29 Å². The summed E-state index contributed by atoms with van der Waals surface area (Å²) in [5.74, 6) is 1.28. The van der Waals surface area contributed by atoms with Gasteiger partial charge >= 0.3 is 0 Å². The van der Waals surface area contributed by atoms with Crippen molar-refractivity contribution in [3.8, 4) is 11.5 Å². The first-order valence-corrected chi connectivity index (χ1v) is 7.76. The van der Waals surface area contributed by atoms with Crippen LogP contribution in [0.4, 0.5) is 0 Å². The molecule has 0 saturated heterocycles. The van der Waals surface area contributed by atoms with Crippen LogP contribution in [0.5, 0.6) is 11.5 Å². The van der Waals surface area contributed by atoms with Gasteiger partial charge in [-0.05, 0) is 58.9 Å². The summed E-state index contributed by atoms with van der Waals surface area (Å²) < 4.78 is 23.2. The van der Waals surface area contributed by atoms with Crippen molar-refractivity contribution in [2.75, 3.05) is 14.2 Å². The topological polar surface area (TPSA) is 84.3 Å². The Bertz CT molecular complexity index is 656. The fraction of sp³-hybridized carbons (Fsp3) is 0.143. The monoisotopic (exact) mass is 303 g/mol. The lowest BCUT2D eigenvalue weighted by Gasteiger charge is -2.14. The maximum Gasteiger partial charge on any atom is 0.228 e. The van der Waals surface area contributed by atoms with Crippen molar-refractivity contribution in [2.45, 2.75) is 0 Å². The summed E-state index contributed by atoms with van der Waals surface area (Å²) in [4.78, 5) is 6.31. The normalized spacial score (nSPS) is 10.6. The zero-order valence-electron chi connectivity index (χ0n) is 11.6. The zero-order valence-corrected chi connectivity index (χ0v) is 12.5. The van der Waals surface area contributed by atoms with E-state index in [4.69, 9.17) is 15.0 Å². The molecule has 7 heteroatoms. The van der Waals surface area contributed by atoms with E-state index in [1.54, 1.807) is 62.8 Å². The van der Waals surface area contributed by atoms with E-state index in [0.717, 1.165) is 0 Å². The Labute approximate surface area is 122 Å². The minimum Gasteiger partial charge on any atom is -0.497 e. The first-order valence-electron chi connectivity index (χ1n) is 6.10. The second-order valence-corrected chi connectivity index (χ2v) is 6.51. The van der Waals surface area contributed by atoms with Gasteiger partial charge in [-0.15, -0.1) is 0 Å². The molecule has 0 radical (unpaired) electrons. The number of azide groups is 1. The molecule has 6 nitrogen and oxygen atoms in total. The number of benzene rings is 2. The highest BCUT2D eigenvalue weighted by Gasteiger charge is 2.26. The van der Waals surface area contributed by atoms with E-state index in [1.807, 2.05) is 0 Å². The molecule has 0 saturated carbocycles. The van der Waals surface area contributed by atoms with Crippen LogP contribution >= 0.6 is 7.29 Å². The van der Waals surface area contributed by atoms with Gasteiger partial charge in [0.25, 0.3) is 0 Å². The van der Waals surface area contributed by atoms with Crippen molar-refractivity contribution in [3.63, 3.8) is 0 Å². The molecule has 2 aromatic rings. The summed E-state index contributed by atoms with van der Waals surface area (Å²) in [5.41, 5.74) is 8.76. The molecule has 108 valence electrons. The van der Waals surface area contributed by atoms with Crippen LogP contribution in [0.15, 0.2) is 53.4 Å². The number of methoxy groups -OCH3 is 2. The molecule has 0 amide bonds. The summed E-state index contributed by atoms with van der Waals surface area (Å²) in [6.07, 6.45) is 0. The Hall–Kier alpha value is -2.42. The molecule has 0 bridgehead atoms. The Balaban J connectivity index is 2.52. The maximum absolute atomic E-state index is 13.1. The van der Waals surface area contributed by atoms with E-state index < -0.39 is 7.29 Å². The standard InChI is InChI=1S/C14H14N3O3P/c1-19-11-3-7-13(8-4-11)21(18,17-16-15)14-9-5-12(20-2)6-10-14/h3-10H,1-2H3. The van der Waals surface area contributed by atoms with Crippen molar-refractivity contribution in [3.05, 3.63) is 59.0 Å². The van der Waals surface area contributed by atoms with E-state index in [-0.39, 0.29) is 0 Å². The fourth-order valence-electron chi connectivity index (χ4n) is 1.88. The molecule has 0 unspecified atom stereocenters. The van der Waals surface area contributed by atoms with Crippen LogP contribution < -0.4 is 20.1 Å². The average molecular weight is 303 g/mol. The van der Waals surface area contributed by atoms with Crippen LogP contribution in [0.3, 0.4) is 0 Å². The molecular weight excluding hydrogens is 289 g/mol. The molecule has 21 heavy (non-hydrogen) atoms. The Morgan fingerprint density at radius 3 is 1.57 bits per heavy atom. The van der Waals surface area contributed by atoms with Crippen LogP contribution in [0.25, 0.3) is 10.4 Å². The molecule has 0 aliphatic heterocycles. The first kappa shape index (κ1) is 15.0. The molecule has 0 fully saturated rings. The van der Waals surface area contributed by atoms with Gasteiger partial charge in [-0.3, -0.25) is 0 Å². The maximum atomic E-state index is 13.1. The summed E-state index contributed by atoms with van der Waals surface area (Å²) in [6, 6.07) is 13.3. The molecule has 0 aromatic heterocycles. The quantitative estimate of drug-likeness (QED) is 0.368. The van der Waals surface area contributed by atoms with Crippen molar-refractivity contribution in [1.29, 1.82) is 0 Å². The van der Waals surface area contributed by atoms with Gasteiger partial charge in [0, 0.05) is 15.5 Å². The molecular formula is C14H14N3O3P. The first-order chi connectivity index (χ1) is 10.1. The molecule has 2 aromatic carbocycles. The second-order valence-electron chi connectivity index (χ2n) is 4.15. The molecule has 0 heterocycles. The zero-order chi connectivity index (χ0) is 15.3. The van der Waals surface area contributed by atoms with Crippen molar-refractivity contribution >= 4 is 17.9 Å². The van der Waals surface area contributed by atoms with E-state index in [9.17, 15) is 4.57 Å². The third-order valence-corrected chi connectivity index (χ3v) is 5.34. The number of hydrogen-bond acceptors (Lipinski definition) is 3. The highest BCUT2D eigenvalue weighted by Crippen LogP contribution is 2.45. The number of ether oxygens (including phenoxy) is 2. The minimum absolute atomic E-state index is 0.450. The lowest BCUT2D eigenvalue weighted by atomic mass is 10.3. The van der Waals surface area contributed by atoms with Crippen molar-refractivity contribution in [1.82, 2.24) is 0 Å². The third kappa shape index (κ3) is 3.02. The van der Waals surface area contributed by atoms with Gasteiger partial charge in [-0.2, -0.15) is 0 Å². The predicted molar refractivity (Wildman–Crippen MR) is 82.0 cm³/mol. The van der Waals surface area contributed by atoms with Gasteiger partial charge in [-0.25, -0.2) is 0 Å². The molecule has 0 atom stereocenters. The number of nitrogens with zero attached hydrogens (tertiary/aromatic N) is 3. The fourth-order valence-corrected chi connectivity index (χ4v) is 3.60. The smallest absolute Gasteiger partial charge is 0.228 e. The van der Waals surface area contributed by atoms with Gasteiger partial charge in [0.15, 0.2) is 0 Å². The minimum atomic E-state index is -3.39. The Kier molecular flexibility index (Phi) is 4.53. The van der Waals surface area contributed by atoms with Gasteiger partial charge < -0.3 is 14.0 Å².